The summed E-state index contributed by atoms with van der Waals surface area (Å²) in [6, 6.07) is 144. The van der Waals surface area contributed by atoms with Gasteiger partial charge in [-0.2, -0.15) is 0 Å². The van der Waals surface area contributed by atoms with E-state index in [1.165, 1.54) is 198 Å². The number of nitrogens with one attached hydrogen (secondary N) is 6. The number of aromatic nitrogens is 7. The molecule has 0 saturated carbocycles. The molecular formula is C112H79N9S3. The highest BCUT2D eigenvalue weighted by Gasteiger charge is 2.17. The predicted molar refractivity (Wildman–Crippen MR) is 539 cm³/mol. The van der Waals surface area contributed by atoms with E-state index in [-0.39, 0.29) is 0 Å². The van der Waals surface area contributed by atoms with Gasteiger partial charge in [0.15, 0.2) is 0 Å². The van der Waals surface area contributed by atoms with Crippen molar-refractivity contribution in [3.8, 4) is 28.1 Å². The number of hydrogen-bond donors (Lipinski definition) is 8. The Balaban J connectivity index is 0.0000000864. The van der Waals surface area contributed by atoms with E-state index in [0.29, 0.717) is 0 Å². The fourth-order valence-corrected chi connectivity index (χ4v) is 21.3. The first kappa shape index (κ1) is 74.6. The summed E-state index contributed by atoms with van der Waals surface area (Å²) in [4.78, 5) is 20.7. The van der Waals surface area contributed by atoms with Gasteiger partial charge in [-0.05, 0) is 151 Å². The molecule has 28 rings (SSSR count). The monoisotopic (exact) mass is 1650 g/mol. The van der Waals surface area contributed by atoms with E-state index in [0.717, 1.165) is 33.2 Å². The average molecular weight is 1650 g/mol. The number of para-hydroxylation sites is 8. The zero-order valence-electron chi connectivity index (χ0n) is 67.2. The molecule has 18 aromatic carbocycles. The third kappa shape index (κ3) is 13.9. The molecule has 0 saturated heterocycles. The lowest BCUT2D eigenvalue weighted by atomic mass is 10.1. The molecule has 0 atom stereocenters. The maximum atomic E-state index is 5.77. The second kappa shape index (κ2) is 32.1. The summed E-state index contributed by atoms with van der Waals surface area (Å²) in [6.07, 6.45) is 2.07. The number of rotatable bonds is 3. The molecule has 10 aromatic heterocycles. The van der Waals surface area contributed by atoms with Gasteiger partial charge in [-0.1, -0.05) is 273 Å². The molecule has 0 radical (unpaired) electrons. The summed E-state index contributed by atoms with van der Waals surface area (Å²) in [7, 11) is 0. The molecule has 10 N–H and O–H groups in total. The topological polar surface area (TPSA) is 152 Å². The number of fused-ring (bicyclic) bond motifs is 28. The minimum atomic E-state index is 0.769. The molecule has 0 aliphatic rings. The maximum absolute atomic E-state index is 5.77. The molecule has 9 nitrogen and oxygen atoms in total. The van der Waals surface area contributed by atoms with E-state index in [4.69, 9.17) is 11.5 Å². The highest BCUT2D eigenvalue weighted by atomic mass is 32.1. The van der Waals surface area contributed by atoms with Crippen molar-refractivity contribution in [1.29, 1.82) is 0 Å². The molecule has 0 fully saturated rings. The van der Waals surface area contributed by atoms with Crippen LogP contribution in [-0.4, -0.2) is 34.5 Å². The highest BCUT2D eigenvalue weighted by Crippen LogP contribution is 2.44. The van der Waals surface area contributed by atoms with E-state index in [2.05, 4.69) is 393 Å². The first-order valence-corrected chi connectivity index (χ1v) is 44.0. The Morgan fingerprint density at radius 1 is 0.226 bits per heavy atom. The Labute approximate surface area is 724 Å². The van der Waals surface area contributed by atoms with Gasteiger partial charge < -0.3 is 45.9 Å². The van der Waals surface area contributed by atoms with E-state index in [9.17, 15) is 0 Å². The number of thiophene rings is 3. The lowest BCUT2D eigenvalue weighted by Crippen LogP contribution is -1.92. The Bertz CT molecular complexity index is 8370. The molecular weight excluding hydrogens is 1570 g/mol. The van der Waals surface area contributed by atoms with E-state index < -0.39 is 0 Å². The van der Waals surface area contributed by atoms with Crippen LogP contribution in [-0.2, 0) is 0 Å². The van der Waals surface area contributed by atoms with Gasteiger partial charge in [-0.3, -0.25) is 0 Å². The Hall–Kier alpha value is -15.7. The summed E-state index contributed by atoms with van der Waals surface area (Å²) in [6.45, 7) is 0. The number of nitrogen functional groups attached to an aromatic ring is 2. The summed E-state index contributed by atoms with van der Waals surface area (Å²) in [5.74, 6) is 0. The van der Waals surface area contributed by atoms with Gasteiger partial charge in [0.2, 0.25) is 0 Å². The number of H-pyrrole nitrogens is 6. The minimum absolute atomic E-state index is 0.769. The zero-order valence-corrected chi connectivity index (χ0v) is 69.6. The summed E-state index contributed by atoms with van der Waals surface area (Å²) < 4.78 is 10.5. The van der Waals surface area contributed by atoms with Gasteiger partial charge in [0, 0.05) is 205 Å². The van der Waals surface area contributed by atoms with Crippen LogP contribution in [0.15, 0.2) is 419 Å². The van der Waals surface area contributed by atoms with Gasteiger partial charge in [0.1, 0.15) is 0 Å². The van der Waals surface area contributed by atoms with Gasteiger partial charge in [-0.25, -0.2) is 0 Å². The van der Waals surface area contributed by atoms with Crippen LogP contribution in [0.4, 0.5) is 11.4 Å². The lowest BCUT2D eigenvalue weighted by Gasteiger charge is -2.06. The van der Waals surface area contributed by atoms with Crippen LogP contribution in [0.2, 0.25) is 0 Å². The molecule has 0 aliphatic heterocycles. The third-order valence-electron chi connectivity index (χ3n) is 23.6. The van der Waals surface area contributed by atoms with Crippen LogP contribution in [0, 0.1) is 0 Å². The van der Waals surface area contributed by atoms with Crippen molar-refractivity contribution in [2.45, 2.75) is 0 Å². The zero-order chi connectivity index (χ0) is 82.6. The van der Waals surface area contributed by atoms with Gasteiger partial charge in [-0.15, -0.1) is 34.0 Å². The quantitative estimate of drug-likeness (QED) is 0.0831. The predicted octanol–water partition coefficient (Wildman–Crippen LogP) is 32.0. The second-order valence-electron chi connectivity index (χ2n) is 31.1. The molecule has 10 heterocycles. The van der Waals surface area contributed by atoms with Gasteiger partial charge in [0.05, 0.1) is 21.3 Å². The van der Waals surface area contributed by atoms with Crippen molar-refractivity contribution in [2.24, 2.45) is 0 Å². The second-order valence-corrected chi connectivity index (χ2v) is 34.3. The molecule has 124 heavy (non-hydrogen) atoms. The van der Waals surface area contributed by atoms with Gasteiger partial charge >= 0.3 is 0 Å². The first-order valence-electron chi connectivity index (χ1n) is 41.6. The molecule has 0 unspecified atom stereocenters. The SMILES string of the molecule is Nc1ccc2[nH]c3ccc(N)cc3c2c1.c1ccc(-c2c[nH]c3ccccc23)cc1.c1ccc(-c2cc3ccccc3[nH]2)cc1.c1ccc(-n2c3ccccc3c3ccccc32)cc1.c1ccc2c(c1)[nH]c1c2ccc2c3ccccc3sc21.c1ccc2c(c1)[nH]c1cc3c(cc12)sc1ccccc13.c1ccc2c(c1)[nH]c1ccc3sc4ccccc4c3c12. The van der Waals surface area contributed by atoms with Crippen molar-refractivity contribution >= 4 is 237 Å². The third-order valence-corrected chi connectivity index (χ3v) is 27.0. The van der Waals surface area contributed by atoms with Crippen molar-refractivity contribution < 1.29 is 0 Å². The molecule has 28 aromatic rings. The molecule has 12 heteroatoms. The number of nitrogens with zero attached hydrogens (tertiary/aromatic N) is 1. The van der Waals surface area contributed by atoms with E-state index in [1.807, 2.05) is 94.7 Å². The Kier molecular flexibility index (Phi) is 19.3. The van der Waals surface area contributed by atoms with Gasteiger partial charge in [0.25, 0.3) is 0 Å². The average Bonchev–Trinajstić information content (AvgIpc) is 1.59. The summed E-state index contributed by atoms with van der Waals surface area (Å²) in [5, 5.41) is 23.5. The normalized spacial score (nSPS) is 11.5. The lowest BCUT2D eigenvalue weighted by molar-refractivity contribution is 1.18. The molecule has 0 amide bonds. The fraction of sp³-hybridized carbons (Fsp3) is 0. The number of benzene rings is 18. The maximum Gasteiger partial charge on any atom is 0.0646 e. The minimum Gasteiger partial charge on any atom is -0.399 e. The number of nitrogens with two attached hydrogens (primary N) is 2. The van der Waals surface area contributed by atoms with Crippen molar-refractivity contribution in [1.82, 2.24) is 34.5 Å². The summed E-state index contributed by atoms with van der Waals surface area (Å²) >= 11 is 5.62. The van der Waals surface area contributed by atoms with Crippen LogP contribution in [0.25, 0.3) is 219 Å². The van der Waals surface area contributed by atoms with Crippen LogP contribution in [0.5, 0.6) is 0 Å². The van der Waals surface area contributed by atoms with E-state index >= 15 is 0 Å². The summed E-state index contributed by atoms with van der Waals surface area (Å²) in [5.41, 5.74) is 33.7. The van der Waals surface area contributed by atoms with Crippen LogP contribution in [0.3, 0.4) is 0 Å². The number of hydrogen-bond acceptors (Lipinski definition) is 5. The van der Waals surface area contributed by atoms with E-state index in [1.54, 1.807) is 0 Å². The standard InChI is InChI=1S/3C18H11NS.C18H13N.2C14H11N.C12H11N3/c1-3-7-15-11(5-1)13-10-18-14(9-16(13)19-15)12-6-2-4-8-17(12)20-18;1-3-7-15-11(5-1)13-9-10-14-12-6-2-4-8-16(12)20-18(14)17(13)19-15;1-3-7-13-11(5-1)17-14(19-13)9-10-16-18(17)12-6-2-4-8-15(12)20-16;1-2-8-14(9-3-1)19-17-12-6-4-10-15(17)16-11-5-7-13-18(16)19;1-2-6-11(7-3-1)13-10-15-14-9-5-4-8-12(13)14;1-2-6-11(7-3-1)14-10-12-8-4-5-9-13(12)15-14;13-7-1-3-11-9(5-7)10-6-8(14)2-4-12(10)15-11/h3*1-10,19H;1-13H;2*1-10,15H;1-6,15H,13-14H2. The number of aromatic amines is 6. The van der Waals surface area contributed by atoms with Crippen LogP contribution < -0.4 is 11.5 Å². The molecule has 0 spiro atoms. The van der Waals surface area contributed by atoms with Crippen molar-refractivity contribution in [3.05, 3.63) is 419 Å². The number of anilines is 2. The Morgan fingerprint density at radius 3 is 1.32 bits per heavy atom. The molecule has 590 valence electrons. The Morgan fingerprint density at radius 2 is 0.669 bits per heavy atom. The van der Waals surface area contributed by atoms with Crippen LogP contribution in [0.1, 0.15) is 0 Å². The molecule has 0 aliphatic carbocycles. The van der Waals surface area contributed by atoms with Crippen molar-refractivity contribution in [3.63, 3.8) is 0 Å². The largest absolute Gasteiger partial charge is 0.399 e. The van der Waals surface area contributed by atoms with Crippen molar-refractivity contribution in [2.75, 3.05) is 11.5 Å². The first-order chi connectivity index (χ1) is 61.3. The smallest absolute Gasteiger partial charge is 0.0646 e. The highest BCUT2D eigenvalue weighted by molar-refractivity contribution is 7.27. The fourth-order valence-electron chi connectivity index (χ4n) is 17.8. The molecule has 0 bridgehead atoms. The van der Waals surface area contributed by atoms with Crippen LogP contribution >= 0.6 is 34.0 Å².